The lowest BCUT2D eigenvalue weighted by atomic mass is 9.90. The van der Waals surface area contributed by atoms with Crippen molar-refractivity contribution < 1.29 is 13.2 Å². The molecular formula is C16H15F3N2. The number of rotatable bonds is 1. The molecule has 1 aliphatic carbocycles. The van der Waals surface area contributed by atoms with Gasteiger partial charge in [-0.1, -0.05) is 6.07 Å². The van der Waals surface area contributed by atoms with E-state index in [9.17, 15) is 13.2 Å². The SMILES string of the molecule is Cc1cc(C(F)(F)F)ccc1-c1ncnc2c1CCCC2. The maximum Gasteiger partial charge on any atom is 0.416 e. The van der Waals surface area contributed by atoms with Gasteiger partial charge in [-0.15, -0.1) is 0 Å². The Bertz CT molecular complexity index is 678. The summed E-state index contributed by atoms with van der Waals surface area (Å²) in [4.78, 5) is 8.62. The molecule has 0 atom stereocenters. The van der Waals surface area contributed by atoms with Crippen molar-refractivity contribution in [2.75, 3.05) is 0 Å². The Balaban J connectivity index is 2.10. The van der Waals surface area contributed by atoms with Gasteiger partial charge in [-0.2, -0.15) is 13.2 Å². The Labute approximate surface area is 121 Å². The number of benzene rings is 1. The van der Waals surface area contributed by atoms with Gasteiger partial charge in [0.2, 0.25) is 0 Å². The second-order valence-corrected chi connectivity index (χ2v) is 5.38. The number of fused-ring (bicyclic) bond motifs is 1. The summed E-state index contributed by atoms with van der Waals surface area (Å²) in [5, 5.41) is 0. The first-order chi connectivity index (χ1) is 9.97. The first-order valence-electron chi connectivity index (χ1n) is 6.98. The van der Waals surface area contributed by atoms with Gasteiger partial charge in [-0.3, -0.25) is 0 Å². The van der Waals surface area contributed by atoms with E-state index in [1.165, 1.54) is 18.5 Å². The lowest BCUT2D eigenvalue weighted by molar-refractivity contribution is -0.137. The van der Waals surface area contributed by atoms with Crippen molar-refractivity contribution in [2.45, 2.75) is 38.8 Å². The van der Waals surface area contributed by atoms with Gasteiger partial charge >= 0.3 is 6.18 Å². The fourth-order valence-corrected chi connectivity index (χ4v) is 2.86. The molecule has 0 unspecified atom stereocenters. The lowest BCUT2D eigenvalue weighted by Gasteiger charge is -2.19. The zero-order valence-electron chi connectivity index (χ0n) is 11.7. The number of alkyl halides is 3. The molecule has 110 valence electrons. The number of hydrogen-bond acceptors (Lipinski definition) is 2. The van der Waals surface area contributed by atoms with E-state index in [0.717, 1.165) is 54.3 Å². The summed E-state index contributed by atoms with van der Waals surface area (Å²) >= 11 is 0. The van der Waals surface area contributed by atoms with Gasteiger partial charge in [0, 0.05) is 11.3 Å². The fourth-order valence-electron chi connectivity index (χ4n) is 2.86. The van der Waals surface area contributed by atoms with Crippen LogP contribution in [-0.4, -0.2) is 9.97 Å². The molecule has 0 bridgehead atoms. The summed E-state index contributed by atoms with van der Waals surface area (Å²) in [7, 11) is 0. The topological polar surface area (TPSA) is 25.8 Å². The number of aryl methyl sites for hydroxylation is 2. The molecule has 2 aromatic rings. The summed E-state index contributed by atoms with van der Waals surface area (Å²) in [6.07, 6.45) is 1.20. The van der Waals surface area contributed by atoms with Crippen molar-refractivity contribution in [1.82, 2.24) is 9.97 Å². The predicted octanol–water partition coefficient (Wildman–Crippen LogP) is 4.35. The predicted molar refractivity (Wildman–Crippen MR) is 73.8 cm³/mol. The van der Waals surface area contributed by atoms with Gasteiger partial charge in [0.25, 0.3) is 0 Å². The first kappa shape index (κ1) is 14.0. The maximum absolute atomic E-state index is 12.7. The van der Waals surface area contributed by atoms with E-state index in [-0.39, 0.29) is 0 Å². The van der Waals surface area contributed by atoms with Crippen molar-refractivity contribution in [3.05, 3.63) is 46.9 Å². The third-order valence-corrected chi connectivity index (χ3v) is 3.93. The molecule has 3 rings (SSSR count). The Hall–Kier alpha value is -1.91. The molecule has 1 heterocycles. The van der Waals surface area contributed by atoms with E-state index in [2.05, 4.69) is 9.97 Å². The average Bonchev–Trinajstić information content (AvgIpc) is 2.46. The van der Waals surface area contributed by atoms with E-state index < -0.39 is 11.7 Å². The van der Waals surface area contributed by atoms with Gasteiger partial charge < -0.3 is 0 Å². The monoisotopic (exact) mass is 292 g/mol. The summed E-state index contributed by atoms with van der Waals surface area (Å²) in [5.41, 5.74) is 3.65. The molecule has 1 aliphatic rings. The molecule has 0 amide bonds. The van der Waals surface area contributed by atoms with Gasteiger partial charge in [-0.25, -0.2) is 9.97 Å². The molecule has 0 radical (unpaired) electrons. The highest BCUT2D eigenvalue weighted by Crippen LogP contribution is 2.35. The molecule has 0 aliphatic heterocycles. The number of halogens is 3. The van der Waals surface area contributed by atoms with Crippen molar-refractivity contribution in [2.24, 2.45) is 0 Å². The lowest BCUT2D eigenvalue weighted by Crippen LogP contribution is -2.09. The van der Waals surface area contributed by atoms with Crippen molar-refractivity contribution in [3.8, 4) is 11.3 Å². The van der Waals surface area contributed by atoms with Crippen LogP contribution in [0.25, 0.3) is 11.3 Å². The smallest absolute Gasteiger partial charge is 0.241 e. The average molecular weight is 292 g/mol. The standard InChI is InChI=1S/C16H15F3N2/c1-10-8-11(16(17,18)19)6-7-12(10)15-13-4-2-3-5-14(13)20-9-21-15/h6-9H,2-5H2,1H3. The molecule has 0 saturated carbocycles. The van der Waals surface area contributed by atoms with Crippen molar-refractivity contribution in [1.29, 1.82) is 0 Å². The fraction of sp³-hybridized carbons (Fsp3) is 0.375. The molecule has 1 aromatic heterocycles. The number of nitrogens with zero attached hydrogens (tertiary/aromatic N) is 2. The molecule has 5 heteroatoms. The van der Waals surface area contributed by atoms with E-state index in [0.29, 0.717) is 5.56 Å². The molecule has 0 N–H and O–H groups in total. The minimum atomic E-state index is -4.31. The van der Waals surface area contributed by atoms with Crippen molar-refractivity contribution in [3.63, 3.8) is 0 Å². The Morgan fingerprint density at radius 3 is 2.52 bits per heavy atom. The highest BCUT2D eigenvalue weighted by molar-refractivity contribution is 5.68. The van der Waals surface area contributed by atoms with Crippen LogP contribution in [-0.2, 0) is 19.0 Å². The van der Waals surface area contributed by atoms with Crippen LogP contribution < -0.4 is 0 Å². The van der Waals surface area contributed by atoms with E-state index in [4.69, 9.17) is 0 Å². The molecule has 21 heavy (non-hydrogen) atoms. The van der Waals surface area contributed by atoms with Gasteiger partial charge in [-0.05, 0) is 55.9 Å². The van der Waals surface area contributed by atoms with Gasteiger partial charge in [0.1, 0.15) is 6.33 Å². The number of aromatic nitrogens is 2. The molecule has 2 nitrogen and oxygen atoms in total. The van der Waals surface area contributed by atoms with Crippen molar-refractivity contribution >= 4 is 0 Å². The van der Waals surface area contributed by atoms with Crippen LogP contribution in [0.2, 0.25) is 0 Å². The largest absolute Gasteiger partial charge is 0.416 e. The molecular weight excluding hydrogens is 277 g/mol. The summed E-state index contributed by atoms with van der Waals surface area (Å²) in [6.45, 7) is 1.70. The number of hydrogen-bond donors (Lipinski definition) is 0. The highest BCUT2D eigenvalue weighted by Gasteiger charge is 2.31. The Kier molecular flexibility index (Phi) is 3.43. The van der Waals surface area contributed by atoms with Crippen LogP contribution >= 0.6 is 0 Å². The highest BCUT2D eigenvalue weighted by atomic mass is 19.4. The molecule has 1 aromatic carbocycles. The minimum absolute atomic E-state index is 0.594. The second-order valence-electron chi connectivity index (χ2n) is 5.38. The van der Waals surface area contributed by atoms with E-state index in [1.807, 2.05) is 0 Å². The minimum Gasteiger partial charge on any atom is -0.241 e. The van der Waals surface area contributed by atoms with Crippen LogP contribution in [0.3, 0.4) is 0 Å². The van der Waals surface area contributed by atoms with Gasteiger partial charge in [0.15, 0.2) is 0 Å². The van der Waals surface area contributed by atoms with E-state index >= 15 is 0 Å². The Morgan fingerprint density at radius 1 is 1.05 bits per heavy atom. The third-order valence-electron chi connectivity index (χ3n) is 3.93. The van der Waals surface area contributed by atoms with Crippen LogP contribution in [0, 0.1) is 6.92 Å². The quantitative estimate of drug-likeness (QED) is 0.781. The molecule has 0 fully saturated rings. The summed E-state index contributed by atoms with van der Waals surface area (Å²) < 4.78 is 38.2. The normalized spacial score (nSPS) is 14.9. The Morgan fingerprint density at radius 2 is 1.81 bits per heavy atom. The summed E-state index contributed by atoms with van der Waals surface area (Å²) in [6, 6.07) is 3.84. The maximum atomic E-state index is 12.7. The van der Waals surface area contributed by atoms with Crippen LogP contribution in [0.15, 0.2) is 24.5 Å². The zero-order chi connectivity index (χ0) is 15.0. The summed E-state index contributed by atoms with van der Waals surface area (Å²) in [5.74, 6) is 0. The van der Waals surface area contributed by atoms with E-state index in [1.54, 1.807) is 6.92 Å². The van der Waals surface area contributed by atoms with Crippen LogP contribution in [0.5, 0.6) is 0 Å². The zero-order valence-corrected chi connectivity index (χ0v) is 11.7. The molecule has 0 spiro atoms. The first-order valence-corrected chi connectivity index (χ1v) is 6.98. The van der Waals surface area contributed by atoms with Crippen LogP contribution in [0.1, 0.15) is 35.2 Å². The third kappa shape index (κ3) is 2.64. The molecule has 0 saturated heterocycles. The van der Waals surface area contributed by atoms with Crippen LogP contribution in [0.4, 0.5) is 13.2 Å². The second kappa shape index (κ2) is 5.13. The van der Waals surface area contributed by atoms with Gasteiger partial charge in [0.05, 0.1) is 11.3 Å².